The highest BCUT2D eigenvalue weighted by molar-refractivity contribution is 8.03. The van der Waals surface area contributed by atoms with Crippen LogP contribution in [0.3, 0.4) is 0 Å². The first-order valence-corrected chi connectivity index (χ1v) is 8.74. The number of hydrogen-bond donors (Lipinski definition) is 0. The number of allylic oxidation sites excluding steroid dienone is 1. The summed E-state index contributed by atoms with van der Waals surface area (Å²) in [4.78, 5) is 13.1. The molecule has 1 unspecified atom stereocenters. The molecule has 3 nitrogen and oxygen atoms in total. The molecule has 0 aliphatic carbocycles. The quantitative estimate of drug-likeness (QED) is 0.360. The predicted octanol–water partition coefficient (Wildman–Crippen LogP) is 4.39. The molecular formula is C16H27NO2S. The number of carbonyl (C=O) groups excluding carboxylic acids is 1. The summed E-state index contributed by atoms with van der Waals surface area (Å²) in [6, 6.07) is 0. The lowest BCUT2D eigenvalue weighted by Gasteiger charge is -2.37. The maximum atomic E-state index is 12.5. The lowest BCUT2D eigenvalue weighted by Crippen LogP contribution is -2.47. The van der Waals surface area contributed by atoms with Crippen molar-refractivity contribution in [2.75, 3.05) is 18.8 Å². The molecule has 0 saturated carbocycles. The predicted molar refractivity (Wildman–Crippen MR) is 87.1 cm³/mol. The SMILES string of the molecule is CCCCCCSC1=CC(=O)[N+]([O-])(CCCC)CC=C1. The Bertz CT molecular complexity index is 365. The first kappa shape index (κ1) is 17.5. The molecule has 114 valence electrons. The van der Waals surface area contributed by atoms with Gasteiger partial charge in [0.25, 0.3) is 0 Å². The van der Waals surface area contributed by atoms with Gasteiger partial charge in [-0.25, -0.2) is 4.79 Å². The highest BCUT2D eigenvalue weighted by atomic mass is 32.2. The molecular weight excluding hydrogens is 270 g/mol. The summed E-state index contributed by atoms with van der Waals surface area (Å²) in [5, 5.41) is 12.5. The van der Waals surface area contributed by atoms with E-state index in [0.717, 1.165) is 23.5 Å². The van der Waals surface area contributed by atoms with Crippen molar-refractivity contribution in [1.29, 1.82) is 0 Å². The number of nitrogens with zero attached hydrogens (tertiary/aromatic N) is 1. The molecule has 0 N–H and O–H groups in total. The minimum atomic E-state index is -0.718. The molecule has 0 saturated heterocycles. The molecule has 0 aromatic rings. The molecule has 4 heteroatoms. The van der Waals surface area contributed by atoms with Crippen molar-refractivity contribution in [3.63, 3.8) is 0 Å². The van der Waals surface area contributed by atoms with Crippen molar-refractivity contribution < 1.29 is 9.44 Å². The third-order valence-corrected chi connectivity index (χ3v) is 4.57. The number of hydrogen-bond acceptors (Lipinski definition) is 3. The largest absolute Gasteiger partial charge is 0.625 e. The third-order valence-electron chi connectivity index (χ3n) is 3.49. The first-order valence-electron chi connectivity index (χ1n) is 7.76. The Hall–Kier alpha value is -0.580. The van der Waals surface area contributed by atoms with Crippen LogP contribution in [0.15, 0.2) is 23.1 Å². The number of carbonyl (C=O) groups is 1. The first-order chi connectivity index (χ1) is 9.62. The van der Waals surface area contributed by atoms with Crippen LogP contribution in [0.5, 0.6) is 0 Å². The molecule has 0 bridgehead atoms. The molecule has 1 aliphatic heterocycles. The smallest absolute Gasteiger partial charge is 0.339 e. The van der Waals surface area contributed by atoms with Crippen LogP contribution in [-0.4, -0.2) is 29.4 Å². The van der Waals surface area contributed by atoms with Crippen molar-refractivity contribution in [1.82, 2.24) is 0 Å². The van der Waals surface area contributed by atoms with Crippen LogP contribution in [0.25, 0.3) is 0 Å². The fourth-order valence-electron chi connectivity index (χ4n) is 2.14. The van der Waals surface area contributed by atoms with Crippen LogP contribution in [0, 0.1) is 5.21 Å². The lowest BCUT2D eigenvalue weighted by molar-refractivity contribution is -0.795. The second-order valence-electron chi connectivity index (χ2n) is 5.35. The molecule has 0 spiro atoms. The lowest BCUT2D eigenvalue weighted by atomic mass is 10.2. The highest BCUT2D eigenvalue weighted by Gasteiger charge is 2.25. The zero-order valence-electron chi connectivity index (χ0n) is 12.8. The summed E-state index contributed by atoms with van der Waals surface area (Å²) in [5.74, 6) is 0.733. The summed E-state index contributed by atoms with van der Waals surface area (Å²) in [6.45, 7) is 4.90. The van der Waals surface area contributed by atoms with Crippen LogP contribution in [-0.2, 0) is 4.79 Å². The Morgan fingerprint density at radius 3 is 2.65 bits per heavy atom. The van der Waals surface area contributed by atoms with E-state index in [0.29, 0.717) is 6.54 Å². The van der Waals surface area contributed by atoms with Crippen LogP contribution in [0.1, 0.15) is 52.4 Å². The maximum absolute atomic E-state index is 12.5. The summed E-state index contributed by atoms with van der Waals surface area (Å²) in [5.41, 5.74) is 0. The van der Waals surface area contributed by atoms with Crippen molar-refractivity contribution in [2.24, 2.45) is 0 Å². The summed E-state index contributed by atoms with van der Waals surface area (Å²) in [6.07, 6.45) is 12.0. The van der Waals surface area contributed by atoms with Crippen LogP contribution >= 0.6 is 11.8 Å². The number of hydroxylamine groups is 3. The Labute approximate surface area is 127 Å². The van der Waals surface area contributed by atoms with Crippen molar-refractivity contribution in [2.45, 2.75) is 52.4 Å². The minimum absolute atomic E-state index is 0.273. The average molecular weight is 297 g/mol. The van der Waals surface area contributed by atoms with E-state index in [1.165, 1.54) is 25.7 Å². The summed E-state index contributed by atoms with van der Waals surface area (Å²) in [7, 11) is 0. The van der Waals surface area contributed by atoms with E-state index in [2.05, 4.69) is 6.92 Å². The van der Waals surface area contributed by atoms with Crippen molar-refractivity contribution in [3.8, 4) is 0 Å². The zero-order valence-corrected chi connectivity index (χ0v) is 13.6. The number of unbranched alkanes of at least 4 members (excludes halogenated alkanes) is 4. The molecule has 0 aromatic carbocycles. The Balaban J connectivity index is 2.49. The Morgan fingerprint density at radius 1 is 1.20 bits per heavy atom. The van der Waals surface area contributed by atoms with Gasteiger partial charge in [0.05, 0.1) is 12.6 Å². The van der Waals surface area contributed by atoms with Gasteiger partial charge in [-0.3, -0.25) is 4.65 Å². The van der Waals surface area contributed by atoms with E-state index in [4.69, 9.17) is 0 Å². The van der Waals surface area contributed by atoms with Crippen molar-refractivity contribution >= 4 is 17.7 Å². The molecule has 1 rings (SSSR count). The third kappa shape index (κ3) is 5.81. The molecule has 1 amide bonds. The molecule has 0 aromatic heterocycles. The summed E-state index contributed by atoms with van der Waals surface area (Å²) >= 11 is 1.69. The van der Waals surface area contributed by atoms with E-state index < -0.39 is 4.65 Å². The number of thioether (sulfide) groups is 1. The van der Waals surface area contributed by atoms with Gasteiger partial charge in [-0.1, -0.05) is 39.5 Å². The van der Waals surface area contributed by atoms with Crippen LogP contribution < -0.4 is 0 Å². The zero-order chi connectivity index (χ0) is 14.8. The molecule has 20 heavy (non-hydrogen) atoms. The van der Waals surface area contributed by atoms with Gasteiger partial charge in [0.1, 0.15) is 6.54 Å². The molecule has 0 radical (unpaired) electrons. The van der Waals surface area contributed by atoms with E-state index >= 15 is 0 Å². The van der Waals surface area contributed by atoms with Gasteiger partial charge in [-0.15, -0.1) is 11.8 Å². The normalized spacial score (nSPS) is 22.8. The molecule has 0 fully saturated rings. The molecule has 1 atom stereocenters. The van der Waals surface area contributed by atoms with Gasteiger partial charge in [-0.05, 0) is 30.7 Å². The second-order valence-corrected chi connectivity index (χ2v) is 6.51. The monoisotopic (exact) mass is 297 g/mol. The van der Waals surface area contributed by atoms with Crippen LogP contribution in [0.4, 0.5) is 0 Å². The van der Waals surface area contributed by atoms with E-state index in [-0.39, 0.29) is 12.5 Å². The summed E-state index contributed by atoms with van der Waals surface area (Å²) < 4.78 is -0.718. The minimum Gasteiger partial charge on any atom is -0.625 e. The van der Waals surface area contributed by atoms with Gasteiger partial charge in [0.2, 0.25) is 0 Å². The van der Waals surface area contributed by atoms with Gasteiger partial charge in [0.15, 0.2) is 0 Å². The van der Waals surface area contributed by atoms with Gasteiger partial charge >= 0.3 is 5.91 Å². The van der Waals surface area contributed by atoms with Gasteiger partial charge < -0.3 is 5.21 Å². The second kappa shape index (κ2) is 9.37. The van der Waals surface area contributed by atoms with E-state index in [9.17, 15) is 10.0 Å². The Morgan fingerprint density at radius 2 is 1.95 bits per heavy atom. The fourth-order valence-corrected chi connectivity index (χ4v) is 3.10. The van der Waals surface area contributed by atoms with Crippen LogP contribution in [0.2, 0.25) is 0 Å². The number of quaternary nitrogens is 1. The standard InChI is InChI=1S/C16H27NO2S/c1-3-5-7-8-13-20-15-10-9-12-17(19,11-6-4-2)16(18)14-15/h9-10,14H,3-8,11-13H2,1-2H3. The number of rotatable bonds is 9. The maximum Gasteiger partial charge on any atom is 0.339 e. The average Bonchev–Trinajstić information content (AvgIpc) is 2.57. The van der Waals surface area contributed by atoms with Crippen molar-refractivity contribution in [3.05, 3.63) is 28.3 Å². The Kier molecular flexibility index (Phi) is 8.19. The number of amides is 1. The molecule has 1 heterocycles. The topological polar surface area (TPSA) is 40.1 Å². The van der Waals surface area contributed by atoms with E-state index in [1.54, 1.807) is 17.8 Å². The van der Waals surface area contributed by atoms with Gasteiger partial charge in [0, 0.05) is 4.91 Å². The van der Waals surface area contributed by atoms with E-state index in [1.807, 2.05) is 19.1 Å². The highest BCUT2D eigenvalue weighted by Crippen LogP contribution is 2.24. The van der Waals surface area contributed by atoms with Gasteiger partial charge in [-0.2, -0.15) is 0 Å². The molecule has 1 aliphatic rings. The fraction of sp³-hybridized carbons (Fsp3) is 0.688.